The van der Waals surface area contributed by atoms with Crippen molar-refractivity contribution in [2.45, 2.75) is 32.5 Å². The predicted molar refractivity (Wildman–Crippen MR) is 65.1 cm³/mol. The normalized spacial score (nSPS) is 13.4. The number of nitrogens with two attached hydrogens (primary N) is 1. The Kier molecular flexibility index (Phi) is 5.99. The molecule has 1 atom stereocenters. The summed E-state index contributed by atoms with van der Waals surface area (Å²) in [6, 6.07) is 4.87. The van der Waals surface area contributed by atoms with Crippen LogP contribution >= 0.6 is 12.4 Å². The third-order valence-corrected chi connectivity index (χ3v) is 2.39. The van der Waals surface area contributed by atoms with Crippen molar-refractivity contribution in [3.8, 4) is 0 Å². The van der Waals surface area contributed by atoms with Crippen LogP contribution in [0.5, 0.6) is 0 Å². The minimum absolute atomic E-state index is 0. The van der Waals surface area contributed by atoms with Gasteiger partial charge in [0.2, 0.25) is 0 Å². The highest BCUT2D eigenvalue weighted by molar-refractivity contribution is 5.85. The van der Waals surface area contributed by atoms with Crippen LogP contribution in [0.1, 0.15) is 37.4 Å². The maximum Gasteiger partial charge on any atom is 0.416 e. The Balaban J connectivity index is 0.00000256. The Hall–Kier alpha value is -0.740. The third-order valence-electron chi connectivity index (χ3n) is 2.39. The van der Waals surface area contributed by atoms with Gasteiger partial charge in [0, 0.05) is 6.04 Å². The van der Waals surface area contributed by atoms with Crippen LogP contribution < -0.4 is 5.73 Å². The van der Waals surface area contributed by atoms with Crippen LogP contribution in [0, 0.1) is 5.92 Å². The van der Waals surface area contributed by atoms with Gasteiger partial charge in [-0.05, 0) is 30.0 Å². The smallest absolute Gasteiger partial charge is 0.324 e. The SMILES string of the molecule is CC(C)CC(N)c1ccc(C(F)(F)F)cc1.Cl. The van der Waals surface area contributed by atoms with E-state index >= 15 is 0 Å². The Morgan fingerprint density at radius 3 is 1.94 bits per heavy atom. The summed E-state index contributed by atoms with van der Waals surface area (Å²) in [5.74, 6) is 0.428. The van der Waals surface area contributed by atoms with Crippen LogP contribution in [0.4, 0.5) is 13.2 Å². The average molecular weight is 268 g/mol. The minimum atomic E-state index is -4.28. The number of halogens is 4. The molecular formula is C12H17ClF3N. The molecule has 0 spiro atoms. The molecule has 1 aromatic rings. The molecule has 1 unspecified atom stereocenters. The molecule has 2 N–H and O–H groups in total. The van der Waals surface area contributed by atoms with Gasteiger partial charge in [-0.1, -0.05) is 26.0 Å². The summed E-state index contributed by atoms with van der Waals surface area (Å²) in [6.07, 6.45) is -3.51. The molecule has 0 aliphatic rings. The van der Waals surface area contributed by atoms with Gasteiger partial charge in [-0.3, -0.25) is 0 Å². The first-order valence-electron chi connectivity index (χ1n) is 5.23. The van der Waals surface area contributed by atoms with Gasteiger partial charge in [0.05, 0.1) is 5.56 Å². The van der Waals surface area contributed by atoms with Crippen molar-refractivity contribution < 1.29 is 13.2 Å². The van der Waals surface area contributed by atoms with Gasteiger partial charge in [-0.2, -0.15) is 13.2 Å². The fraction of sp³-hybridized carbons (Fsp3) is 0.500. The van der Waals surface area contributed by atoms with E-state index in [1.807, 2.05) is 13.8 Å². The van der Waals surface area contributed by atoms with Gasteiger partial charge in [0.25, 0.3) is 0 Å². The molecular weight excluding hydrogens is 251 g/mol. The standard InChI is InChI=1S/C12H16F3N.ClH/c1-8(2)7-11(16)9-3-5-10(6-4-9)12(13,14)15;/h3-6,8,11H,7,16H2,1-2H3;1H. The van der Waals surface area contributed by atoms with Crippen LogP contribution in [-0.2, 0) is 6.18 Å². The van der Waals surface area contributed by atoms with Gasteiger partial charge in [-0.15, -0.1) is 12.4 Å². The van der Waals surface area contributed by atoms with Crippen molar-refractivity contribution in [1.29, 1.82) is 0 Å². The molecule has 0 saturated carbocycles. The lowest BCUT2D eigenvalue weighted by atomic mass is 9.97. The largest absolute Gasteiger partial charge is 0.416 e. The van der Waals surface area contributed by atoms with E-state index in [0.717, 1.165) is 24.1 Å². The topological polar surface area (TPSA) is 26.0 Å². The van der Waals surface area contributed by atoms with E-state index in [2.05, 4.69) is 0 Å². The molecule has 0 aliphatic carbocycles. The van der Waals surface area contributed by atoms with E-state index in [1.54, 1.807) is 0 Å². The van der Waals surface area contributed by atoms with Crippen molar-refractivity contribution in [1.82, 2.24) is 0 Å². The summed E-state index contributed by atoms with van der Waals surface area (Å²) in [5, 5.41) is 0. The number of hydrogen-bond acceptors (Lipinski definition) is 1. The number of rotatable bonds is 3. The Morgan fingerprint density at radius 2 is 1.59 bits per heavy atom. The first-order chi connectivity index (χ1) is 7.30. The van der Waals surface area contributed by atoms with Crippen LogP contribution in [-0.4, -0.2) is 0 Å². The summed E-state index contributed by atoms with van der Waals surface area (Å²) in [5.41, 5.74) is 5.99. The molecule has 0 heterocycles. The first kappa shape index (κ1) is 16.3. The minimum Gasteiger partial charge on any atom is -0.324 e. The van der Waals surface area contributed by atoms with E-state index in [1.165, 1.54) is 12.1 Å². The summed E-state index contributed by atoms with van der Waals surface area (Å²) in [6.45, 7) is 4.06. The monoisotopic (exact) mass is 267 g/mol. The fourth-order valence-electron chi connectivity index (χ4n) is 1.56. The highest BCUT2D eigenvalue weighted by Gasteiger charge is 2.30. The van der Waals surface area contributed by atoms with Crippen LogP contribution in [0.25, 0.3) is 0 Å². The Labute approximate surface area is 106 Å². The molecule has 17 heavy (non-hydrogen) atoms. The summed E-state index contributed by atoms with van der Waals surface area (Å²) in [4.78, 5) is 0. The van der Waals surface area contributed by atoms with Crippen molar-refractivity contribution in [2.75, 3.05) is 0 Å². The molecule has 1 aromatic carbocycles. The van der Waals surface area contributed by atoms with E-state index in [4.69, 9.17) is 5.73 Å². The maximum atomic E-state index is 12.3. The molecule has 0 bridgehead atoms. The van der Waals surface area contributed by atoms with Gasteiger partial charge < -0.3 is 5.73 Å². The average Bonchev–Trinajstić information content (AvgIpc) is 2.15. The van der Waals surface area contributed by atoms with Crippen molar-refractivity contribution >= 4 is 12.4 Å². The lowest BCUT2D eigenvalue weighted by Gasteiger charge is -2.15. The van der Waals surface area contributed by atoms with E-state index in [9.17, 15) is 13.2 Å². The fourth-order valence-corrected chi connectivity index (χ4v) is 1.56. The molecule has 0 radical (unpaired) electrons. The van der Waals surface area contributed by atoms with Crippen LogP contribution in [0.2, 0.25) is 0 Å². The maximum absolute atomic E-state index is 12.3. The Bertz CT molecular complexity index is 333. The molecule has 5 heteroatoms. The zero-order valence-electron chi connectivity index (χ0n) is 9.79. The van der Waals surface area contributed by atoms with Gasteiger partial charge in [-0.25, -0.2) is 0 Å². The molecule has 1 nitrogen and oxygen atoms in total. The Morgan fingerprint density at radius 1 is 1.12 bits per heavy atom. The van der Waals surface area contributed by atoms with Crippen molar-refractivity contribution in [3.05, 3.63) is 35.4 Å². The van der Waals surface area contributed by atoms with E-state index < -0.39 is 11.7 Å². The highest BCUT2D eigenvalue weighted by Crippen LogP contribution is 2.30. The second-order valence-corrected chi connectivity index (χ2v) is 4.36. The second kappa shape index (κ2) is 6.26. The molecule has 0 aromatic heterocycles. The lowest BCUT2D eigenvalue weighted by Crippen LogP contribution is -2.13. The number of alkyl halides is 3. The highest BCUT2D eigenvalue weighted by atomic mass is 35.5. The molecule has 0 aliphatic heterocycles. The van der Waals surface area contributed by atoms with Gasteiger partial charge in [0.15, 0.2) is 0 Å². The van der Waals surface area contributed by atoms with E-state index in [-0.39, 0.29) is 18.4 Å². The van der Waals surface area contributed by atoms with Crippen molar-refractivity contribution in [3.63, 3.8) is 0 Å². The number of hydrogen-bond donors (Lipinski definition) is 1. The van der Waals surface area contributed by atoms with Crippen LogP contribution in [0.3, 0.4) is 0 Å². The zero-order valence-corrected chi connectivity index (χ0v) is 10.6. The van der Waals surface area contributed by atoms with Crippen LogP contribution in [0.15, 0.2) is 24.3 Å². The molecule has 0 fully saturated rings. The van der Waals surface area contributed by atoms with Gasteiger partial charge >= 0.3 is 6.18 Å². The van der Waals surface area contributed by atoms with Gasteiger partial charge in [0.1, 0.15) is 0 Å². The molecule has 1 rings (SSSR count). The second-order valence-electron chi connectivity index (χ2n) is 4.36. The zero-order chi connectivity index (χ0) is 12.3. The predicted octanol–water partition coefficient (Wildman–Crippen LogP) is 4.17. The summed E-state index contributed by atoms with van der Waals surface area (Å²) in [7, 11) is 0. The number of benzene rings is 1. The summed E-state index contributed by atoms with van der Waals surface area (Å²) < 4.78 is 36.9. The lowest BCUT2D eigenvalue weighted by molar-refractivity contribution is -0.137. The molecule has 98 valence electrons. The summed E-state index contributed by atoms with van der Waals surface area (Å²) >= 11 is 0. The third kappa shape index (κ3) is 4.96. The quantitative estimate of drug-likeness (QED) is 0.874. The molecule has 0 amide bonds. The first-order valence-corrected chi connectivity index (χ1v) is 5.23. The molecule has 0 saturated heterocycles. The van der Waals surface area contributed by atoms with E-state index in [0.29, 0.717) is 5.92 Å². The van der Waals surface area contributed by atoms with Crippen molar-refractivity contribution in [2.24, 2.45) is 11.7 Å².